The lowest BCUT2D eigenvalue weighted by molar-refractivity contribution is 0.122. The van der Waals surface area contributed by atoms with Crippen LogP contribution in [0.1, 0.15) is 5.69 Å². The van der Waals surface area contributed by atoms with E-state index >= 15 is 0 Å². The van der Waals surface area contributed by atoms with E-state index in [1.165, 1.54) is 0 Å². The Morgan fingerprint density at radius 3 is 2.93 bits per heavy atom. The van der Waals surface area contributed by atoms with Gasteiger partial charge in [-0.2, -0.15) is 0 Å². The monoisotopic (exact) mass is 224 g/mol. The van der Waals surface area contributed by atoms with Crippen LogP contribution in [-0.2, 0) is 4.74 Å². The molecule has 2 aromatic heterocycles. The van der Waals surface area contributed by atoms with Gasteiger partial charge in [0.15, 0.2) is 0 Å². The molecule has 1 aliphatic heterocycles. The number of rotatable bonds is 1. The first-order valence-corrected chi connectivity index (χ1v) is 5.80. The van der Waals surface area contributed by atoms with E-state index in [1.807, 2.05) is 17.6 Å². The number of aromatic nitrogens is 3. The van der Waals surface area contributed by atoms with Crippen molar-refractivity contribution in [1.29, 1.82) is 0 Å². The van der Waals surface area contributed by atoms with Gasteiger partial charge in [0.2, 0.25) is 10.1 Å². The molecule has 0 aliphatic carbocycles. The van der Waals surface area contributed by atoms with E-state index in [-0.39, 0.29) is 0 Å². The zero-order chi connectivity index (χ0) is 10.3. The molecule has 0 amide bonds. The second kappa shape index (κ2) is 3.46. The van der Waals surface area contributed by atoms with Gasteiger partial charge in [-0.25, -0.2) is 9.50 Å². The zero-order valence-electron chi connectivity index (χ0n) is 8.51. The Morgan fingerprint density at radius 2 is 2.20 bits per heavy atom. The molecule has 0 radical (unpaired) electrons. The fourth-order valence-corrected chi connectivity index (χ4v) is 2.66. The molecule has 0 unspecified atom stereocenters. The number of hydrogen-bond acceptors (Lipinski definition) is 5. The van der Waals surface area contributed by atoms with E-state index in [1.54, 1.807) is 11.3 Å². The lowest BCUT2D eigenvalue weighted by atomic mass is 10.5. The third-order valence-electron chi connectivity index (χ3n) is 2.43. The number of aryl methyl sites for hydroxylation is 1. The molecule has 0 spiro atoms. The number of anilines is 1. The van der Waals surface area contributed by atoms with Gasteiger partial charge in [0.25, 0.3) is 0 Å². The van der Waals surface area contributed by atoms with Gasteiger partial charge in [-0.3, -0.25) is 0 Å². The zero-order valence-corrected chi connectivity index (χ0v) is 9.33. The molecule has 80 valence electrons. The Kier molecular flexibility index (Phi) is 2.10. The Balaban J connectivity index is 1.93. The predicted molar refractivity (Wildman–Crippen MR) is 58.6 cm³/mol. The second-order valence-corrected chi connectivity index (χ2v) is 4.53. The highest BCUT2D eigenvalue weighted by atomic mass is 32.1. The maximum absolute atomic E-state index is 5.31. The summed E-state index contributed by atoms with van der Waals surface area (Å²) in [5, 5.41) is 5.54. The van der Waals surface area contributed by atoms with Crippen LogP contribution in [0.5, 0.6) is 0 Å². The standard InChI is InChI=1S/C9H12N4OS/c1-7-6-13-8(10-7)15-9(11-13)12-2-4-14-5-3-12/h6H,2-5H2,1H3. The van der Waals surface area contributed by atoms with Crippen molar-refractivity contribution in [2.75, 3.05) is 31.2 Å². The van der Waals surface area contributed by atoms with Crippen molar-refractivity contribution >= 4 is 21.4 Å². The lowest BCUT2D eigenvalue weighted by Gasteiger charge is -2.25. The number of hydrogen-bond donors (Lipinski definition) is 0. The molecule has 2 aromatic rings. The molecule has 3 rings (SSSR count). The van der Waals surface area contributed by atoms with Gasteiger partial charge >= 0.3 is 0 Å². The number of nitrogens with zero attached hydrogens (tertiary/aromatic N) is 4. The molecule has 3 heterocycles. The molecule has 0 bridgehead atoms. The molecule has 0 atom stereocenters. The summed E-state index contributed by atoms with van der Waals surface area (Å²) in [6, 6.07) is 0. The molecule has 1 saturated heterocycles. The van der Waals surface area contributed by atoms with E-state index in [2.05, 4.69) is 15.0 Å². The summed E-state index contributed by atoms with van der Waals surface area (Å²) < 4.78 is 7.16. The van der Waals surface area contributed by atoms with Crippen molar-refractivity contribution in [3.05, 3.63) is 11.9 Å². The molecule has 0 saturated carbocycles. The number of ether oxygens (including phenoxy) is 1. The Morgan fingerprint density at radius 1 is 1.40 bits per heavy atom. The topological polar surface area (TPSA) is 42.7 Å². The minimum Gasteiger partial charge on any atom is -0.378 e. The van der Waals surface area contributed by atoms with Crippen molar-refractivity contribution in [3.8, 4) is 0 Å². The van der Waals surface area contributed by atoms with Crippen LogP contribution >= 0.6 is 11.3 Å². The SMILES string of the molecule is Cc1cn2nc(N3CCOCC3)sc2n1. The normalized spacial score (nSPS) is 17.5. The highest BCUT2D eigenvalue weighted by molar-refractivity contribution is 7.20. The van der Waals surface area contributed by atoms with Gasteiger partial charge in [0.05, 0.1) is 25.1 Å². The number of imidazole rings is 1. The highest BCUT2D eigenvalue weighted by Crippen LogP contribution is 2.23. The van der Waals surface area contributed by atoms with Crippen molar-refractivity contribution in [2.45, 2.75) is 6.92 Å². The summed E-state index contributed by atoms with van der Waals surface area (Å²) in [5.41, 5.74) is 1.02. The second-order valence-electron chi connectivity index (χ2n) is 3.59. The summed E-state index contributed by atoms with van der Waals surface area (Å²) >= 11 is 1.64. The van der Waals surface area contributed by atoms with E-state index in [9.17, 15) is 0 Å². The third-order valence-corrected chi connectivity index (χ3v) is 3.42. The van der Waals surface area contributed by atoms with Crippen molar-refractivity contribution < 1.29 is 4.74 Å². The van der Waals surface area contributed by atoms with Gasteiger partial charge < -0.3 is 9.64 Å². The van der Waals surface area contributed by atoms with Crippen LogP contribution in [-0.4, -0.2) is 40.9 Å². The summed E-state index contributed by atoms with van der Waals surface area (Å²) in [6.07, 6.45) is 1.95. The fourth-order valence-electron chi connectivity index (χ4n) is 1.68. The Labute approximate surface area is 91.3 Å². The molecule has 5 nitrogen and oxygen atoms in total. The van der Waals surface area contributed by atoms with Crippen LogP contribution < -0.4 is 4.90 Å². The van der Waals surface area contributed by atoms with E-state index in [4.69, 9.17) is 4.74 Å². The maximum Gasteiger partial charge on any atom is 0.214 e. The smallest absolute Gasteiger partial charge is 0.214 e. The minimum absolute atomic E-state index is 0.793. The van der Waals surface area contributed by atoms with Gasteiger partial charge in [-0.1, -0.05) is 11.3 Å². The molecule has 0 N–H and O–H groups in total. The number of morpholine rings is 1. The van der Waals surface area contributed by atoms with Crippen molar-refractivity contribution in [1.82, 2.24) is 14.6 Å². The van der Waals surface area contributed by atoms with Gasteiger partial charge in [-0.15, -0.1) is 5.10 Å². The molecule has 1 aliphatic rings. The first-order chi connectivity index (χ1) is 7.33. The van der Waals surface area contributed by atoms with E-state index in [0.717, 1.165) is 42.1 Å². The first-order valence-electron chi connectivity index (χ1n) is 4.98. The quantitative estimate of drug-likeness (QED) is 0.723. The first kappa shape index (κ1) is 9.11. The largest absolute Gasteiger partial charge is 0.378 e. The fraction of sp³-hybridized carbons (Fsp3) is 0.556. The minimum atomic E-state index is 0.793. The summed E-state index contributed by atoms with van der Waals surface area (Å²) in [4.78, 5) is 7.60. The van der Waals surface area contributed by atoms with Crippen molar-refractivity contribution in [2.24, 2.45) is 0 Å². The van der Waals surface area contributed by atoms with Crippen LogP contribution in [0, 0.1) is 6.92 Å². The third kappa shape index (κ3) is 1.59. The summed E-state index contributed by atoms with van der Waals surface area (Å²) in [5.74, 6) is 0. The lowest BCUT2D eigenvalue weighted by Crippen LogP contribution is -2.36. The maximum atomic E-state index is 5.31. The van der Waals surface area contributed by atoms with E-state index < -0.39 is 0 Å². The number of fused-ring (bicyclic) bond motifs is 1. The van der Waals surface area contributed by atoms with Crippen LogP contribution in [0.2, 0.25) is 0 Å². The summed E-state index contributed by atoms with van der Waals surface area (Å²) in [7, 11) is 0. The highest BCUT2D eigenvalue weighted by Gasteiger charge is 2.16. The van der Waals surface area contributed by atoms with E-state index in [0.29, 0.717) is 0 Å². The molecule has 15 heavy (non-hydrogen) atoms. The molecular weight excluding hydrogens is 212 g/mol. The molecular formula is C9H12N4OS. The van der Waals surface area contributed by atoms with Crippen molar-refractivity contribution in [3.63, 3.8) is 0 Å². The van der Waals surface area contributed by atoms with Gasteiger partial charge in [0, 0.05) is 13.1 Å². The molecule has 6 heteroatoms. The average Bonchev–Trinajstić information content (AvgIpc) is 2.76. The van der Waals surface area contributed by atoms with Crippen LogP contribution in [0.25, 0.3) is 4.96 Å². The van der Waals surface area contributed by atoms with Crippen LogP contribution in [0.4, 0.5) is 5.13 Å². The average molecular weight is 224 g/mol. The predicted octanol–water partition coefficient (Wildman–Crippen LogP) is 0.936. The Hall–Kier alpha value is -1.14. The van der Waals surface area contributed by atoms with Gasteiger partial charge in [0.1, 0.15) is 0 Å². The molecule has 0 aromatic carbocycles. The van der Waals surface area contributed by atoms with Crippen LogP contribution in [0.15, 0.2) is 6.20 Å². The Bertz CT molecular complexity index is 440. The van der Waals surface area contributed by atoms with Crippen LogP contribution in [0.3, 0.4) is 0 Å². The van der Waals surface area contributed by atoms with Gasteiger partial charge in [-0.05, 0) is 6.92 Å². The molecule has 1 fully saturated rings. The summed E-state index contributed by atoms with van der Waals surface area (Å²) in [6.45, 7) is 5.42.